The average Bonchev–Trinajstić information content (AvgIpc) is 2.47. The molecule has 0 saturated heterocycles. The maximum Gasteiger partial charge on any atom is 0.354 e. The molecule has 0 spiro atoms. The molecule has 0 saturated carbocycles. The van der Waals surface area contributed by atoms with Crippen molar-refractivity contribution in [2.24, 2.45) is 0 Å². The van der Waals surface area contributed by atoms with Crippen molar-refractivity contribution in [3.8, 4) is 0 Å². The molecule has 0 unspecified atom stereocenters. The standard InChI is InChI=1S/C11H8O2S/c1-8-13-11(12)10(14-8)7-9-5-3-2-4-6-9/h2-7H,1H2/b10-7-. The summed E-state index contributed by atoms with van der Waals surface area (Å²) in [6.07, 6.45) is 1.80. The van der Waals surface area contributed by atoms with E-state index in [0.29, 0.717) is 9.26 Å². The molecule has 0 bridgehead atoms. The molecule has 0 aliphatic rings. The summed E-state index contributed by atoms with van der Waals surface area (Å²) in [5, 5.41) is 0. The zero-order valence-corrected chi connectivity index (χ0v) is 8.21. The molecule has 14 heavy (non-hydrogen) atoms. The van der Waals surface area contributed by atoms with E-state index in [-0.39, 0.29) is 5.63 Å². The predicted octanol–water partition coefficient (Wildman–Crippen LogP) is 0.940. The van der Waals surface area contributed by atoms with Crippen LogP contribution in [0.25, 0.3) is 12.7 Å². The Bertz CT molecular complexity index is 578. The smallest absolute Gasteiger partial charge is 0.354 e. The van der Waals surface area contributed by atoms with Crippen LogP contribution in [0.4, 0.5) is 0 Å². The van der Waals surface area contributed by atoms with Crippen molar-refractivity contribution in [1.82, 2.24) is 0 Å². The summed E-state index contributed by atoms with van der Waals surface area (Å²) in [7, 11) is 0. The molecule has 0 radical (unpaired) electrons. The van der Waals surface area contributed by atoms with Crippen LogP contribution in [0.5, 0.6) is 0 Å². The second kappa shape index (κ2) is 3.64. The fourth-order valence-electron chi connectivity index (χ4n) is 1.13. The molecule has 0 atom stereocenters. The highest BCUT2D eigenvalue weighted by Crippen LogP contribution is 1.97. The van der Waals surface area contributed by atoms with Gasteiger partial charge in [0.25, 0.3) is 0 Å². The van der Waals surface area contributed by atoms with Gasteiger partial charge >= 0.3 is 5.63 Å². The maximum atomic E-state index is 11.2. The molecule has 70 valence electrons. The first kappa shape index (κ1) is 8.97. The van der Waals surface area contributed by atoms with E-state index in [9.17, 15) is 4.79 Å². The number of benzene rings is 1. The average molecular weight is 204 g/mol. The second-order valence-electron chi connectivity index (χ2n) is 2.78. The SMILES string of the molecule is C=c1oc(=O)/c(=C/c2ccccc2)s1. The molecule has 2 aromatic rings. The van der Waals surface area contributed by atoms with Crippen LogP contribution < -0.4 is 14.9 Å². The van der Waals surface area contributed by atoms with Gasteiger partial charge in [0.2, 0.25) is 0 Å². The highest BCUT2D eigenvalue weighted by atomic mass is 32.1. The number of rotatable bonds is 1. The Morgan fingerprint density at radius 1 is 1.29 bits per heavy atom. The highest BCUT2D eigenvalue weighted by molar-refractivity contribution is 7.07. The van der Waals surface area contributed by atoms with Crippen LogP contribution in [0.15, 0.2) is 39.5 Å². The molecule has 2 nitrogen and oxygen atoms in total. The minimum atomic E-state index is -0.316. The molecule has 2 rings (SSSR count). The molecule has 1 heterocycles. The summed E-state index contributed by atoms with van der Waals surface area (Å²) >= 11 is 1.26. The van der Waals surface area contributed by atoms with Crippen molar-refractivity contribution in [2.75, 3.05) is 0 Å². The van der Waals surface area contributed by atoms with Crippen LogP contribution >= 0.6 is 11.3 Å². The monoisotopic (exact) mass is 204 g/mol. The van der Waals surface area contributed by atoms with Crippen LogP contribution in [-0.4, -0.2) is 0 Å². The Balaban J connectivity index is 2.61. The van der Waals surface area contributed by atoms with Crippen molar-refractivity contribution in [3.63, 3.8) is 0 Å². The fraction of sp³-hybridized carbons (Fsp3) is 0. The highest BCUT2D eigenvalue weighted by Gasteiger charge is 1.94. The first-order valence-electron chi connectivity index (χ1n) is 4.11. The van der Waals surface area contributed by atoms with E-state index in [2.05, 4.69) is 6.58 Å². The van der Waals surface area contributed by atoms with E-state index >= 15 is 0 Å². The Kier molecular flexibility index (Phi) is 2.33. The van der Waals surface area contributed by atoms with Crippen molar-refractivity contribution < 1.29 is 4.42 Å². The molecule has 0 N–H and O–H groups in total. The maximum absolute atomic E-state index is 11.2. The van der Waals surface area contributed by atoms with Gasteiger partial charge in [0.1, 0.15) is 4.53 Å². The van der Waals surface area contributed by atoms with E-state index in [0.717, 1.165) is 5.56 Å². The van der Waals surface area contributed by atoms with Crippen molar-refractivity contribution in [1.29, 1.82) is 0 Å². The van der Waals surface area contributed by atoms with Gasteiger partial charge < -0.3 is 4.42 Å². The Morgan fingerprint density at radius 2 is 2.00 bits per heavy atom. The van der Waals surface area contributed by atoms with E-state index in [1.165, 1.54) is 11.3 Å². The molecular formula is C11H8O2S. The molecule has 0 fully saturated rings. The lowest BCUT2D eigenvalue weighted by Gasteiger charge is -1.86. The zero-order chi connectivity index (χ0) is 9.97. The van der Waals surface area contributed by atoms with Crippen LogP contribution in [-0.2, 0) is 0 Å². The van der Waals surface area contributed by atoms with Gasteiger partial charge in [0, 0.05) is 0 Å². The number of hydrogen-bond acceptors (Lipinski definition) is 3. The molecule has 0 aliphatic heterocycles. The van der Waals surface area contributed by atoms with Crippen LogP contribution in [0.2, 0.25) is 0 Å². The summed E-state index contributed by atoms with van der Waals surface area (Å²) in [6, 6.07) is 9.64. The zero-order valence-electron chi connectivity index (χ0n) is 7.40. The van der Waals surface area contributed by atoms with E-state index < -0.39 is 0 Å². The minimum absolute atomic E-state index is 0.316. The van der Waals surface area contributed by atoms with Gasteiger partial charge in [-0.15, -0.1) is 0 Å². The Hall–Kier alpha value is -1.61. The molecule has 3 heteroatoms. The third-order valence-electron chi connectivity index (χ3n) is 1.73. The van der Waals surface area contributed by atoms with Gasteiger partial charge in [0.15, 0.2) is 4.73 Å². The van der Waals surface area contributed by atoms with Crippen molar-refractivity contribution >= 4 is 24.0 Å². The topological polar surface area (TPSA) is 30.2 Å². The van der Waals surface area contributed by atoms with Gasteiger partial charge in [-0.1, -0.05) is 41.7 Å². The third-order valence-corrected chi connectivity index (χ3v) is 2.54. The first-order valence-corrected chi connectivity index (χ1v) is 4.93. The fourth-order valence-corrected chi connectivity index (χ4v) is 1.81. The van der Waals surface area contributed by atoms with E-state index in [1.54, 1.807) is 6.08 Å². The molecule has 0 aliphatic carbocycles. The largest absolute Gasteiger partial charge is 0.412 e. The minimum Gasteiger partial charge on any atom is -0.412 e. The lowest BCUT2D eigenvalue weighted by atomic mass is 10.2. The summed E-state index contributed by atoms with van der Waals surface area (Å²) in [6.45, 7) is 3.58. The van der Waals surface area contributed by atoms with Gasteiger partial charge in [-0.25, -0.2) is 4.79 Å². The summed E-state index contributed by atoms with van der Waals surface area (Å²) in [5.41, 5.74) is 0.672. The van der Waals surface area contributed by atoms with Gasteiger partial charge in [0.05, 0.1) is 0 Å². The normalized spacial score (nSPS) is 11.9. The molecule has 1 aromatic carbocycles. The van der Waals surface area contributed by atoms with E-state index in [4.69, 9.17) is 4.42 Å². The van der Waals surface area contributed by atoms with Crippen molar-refractivity contribution in [3.05, 3.63) is 55.6 Å². The van der Waals surface area contributed by atoms with Crippen LogP contribution in [0.3, 0.4) is 0 Å². The molecular weight excluding hydrogens is 196 g/mol. The Labute approximate surface area is 84.4 Å². The second-order valence-corrected chi connectivity index (χ2v) is 3.88. The van der Waals surface area contributed by atoms with E-state index in [1.807, 2.05) is 30.3 Å². The lowest BCUT2D eigenvalue weighted by Crippen LogP contribution is -2.15. The summed E-state index contributed by atoms with van der Waals surface area (Å²) in [5.74, 6) is 0. The Morgan fingerprint density at radius 3 is 2.57 bits per heavy atom. The molecule has 0 amide bonds. The third kappa shape index (κ3) is 1.83. The summed E-state index contributed by atoms with van der Waals surface area (Å²) in [4.78, 5) is 11.2. The molecule has 1 aromatic heterocycles. The lowest BCUT2D eigenvalue weighted by molar-refractivity contribution is 0.503. The van der Waals surface area contributed by atoms with Crippen LogP contribution in [0.1, 0.15) is 5.56 Å². The van der Waals surface area contributed by atoms with Crippen molar-refractivity contribution in [2.45, 2.75) is 0 Å². The summed E-state index contributed by atoms with van der Waals surface area (Å²) < 4.78 is 5.83. The van der Waals surface area contributed by atoms with Gasteiger partial charge in [-0.2, -0.15) is 0 Å². The number of hydrogen-bond donors (Lipinski definition) is 0. The quantitative estimate of drug-likeness (QED) is 0.692. The first-order chi connectivity index (χ1) is 6.75. The van der Waals surface area contributed by atoms with Crippen LogP contribution in [0, 0.1) is 0 Å². The van der Waals surface area contributed by atoms with Gasteiger partial charge in [-0.05, 0) is 18.2 Å². The van der Waals surface area contributed by atoms with Gasteiger partial charge in [-0.3, -0.25) is 0 Å². The predicted molar refractivity (Wildman–Crippen MR) is 57.6 cm³/mol.